The second kappa shape index (κ2) is 11.0. The molecule has 2 aromatic carbocycles. The molecule has 2 heterocycles. The molecule has 0 radical (unpaired) electrons. The zero-order valence-electron chi connectivity index (χ0n) is 18.4. The van der Waals surface area contributed by atoms with Crippen LogP contribution in [0.1, 0.15) is 37.7 Å². The van der Waals surface area contributed by atoms with E-state index >= 15 is 0 Å². The van der Waals surface area contributed by atoms with E-state index in [1.807, 2.05) is 47.0 Å². The monoisotopic (exact) mass is 480 g/mol. The molecular formula is C24H25ClN6O3. The van der Waals surface area contributed by atoms with Crippen LogP contribution in [-0.2, 0) is 16.1 Å². The molecule has 10 heteroatoms. The number of hydrogen-bond donors (Lipinski definition) is 4. The highest BCUT2D eigenvalue weighted by atomic mass is 35.5. The molecule has 0 aliphatic rings. The van der Waals surface area contributed by atoms with Gasteiger partial charge in [0.05, 0.1) is 29.6 Å². The quantitative estimate of drug-likeness (QED) is 0.151. The molecule has 0 atom stereocenters. The van der Waals surface area contributed by atoms with Gasteiger partial charge in [-0.1, -0.05) is 42.3 Å². The molecule has 2 aromatic heterocycles. The Kier molecular flexibility index (Phi) is 7.56. The number of aromatic nitrogens is 4. The van der Waals surface area contributed by atoms with Crippen molar-refractivity contribution in [3.63, 3.8) is 0 Å². The number of rotatable bonds is 10. The first kappa shape index (κ1) is 23.5. The Hall–Kier alpha value is -3.69. The minimum absolute atomic E-state index is 0.141. The number of nitrogens with zero attached hydrogens (tertiary/aromatic N) is 3. The van der Waals surface area contributed by atoms with Gasteiger partial charge in [0.2, 0.25) is 11.8 Å². The van der Waals surface area contributed by atoms with Crippen LogP contribution >= 0.6 is 11.6 Å². The summed E-state index contributed by atoms with van der Waals surface area (Å²) in [6, 6.07) is 15.5. The van der Waals surface area contributed by atoms with Crippen molar-refractivity contribution in [1.29, 1.82) is 0 Å². The van der Waals surface area contributed by atoms with Crippen LogP contribution in [0, 0.1) is 0 Å². The Morgan fingerprint density at radius 2 is 1.82 bits per heavy atom. The van der Waals surface area contributed by atoms with Crippen LogP contribution in [0.3, 0.4) is 0 Å². The number of imidazole rings is 1. The van der Waals surface area contributed by atoms with Crippen LogP contribution in [-0.4, -0.2) is 36.8 Å². The predicted molar refractivity (Wildman–Crippen MR) is 130 cm³/mol. The fourth-order valence-corrected chi connectivity index (χ4v) is 3.90. The summed E-state index contributed by atoms with van der Waals surface area (Å²) >= 11 is 6.32. The largest absolute Gasteiger partial charge is 0.326 e. The van der Waals surface area contributed by atoms with E-state index < -0.39 is 5.91 Å². The van der Waals surface area contributed by atoms with Crippen molar-refractivity contribution in [2.75, 3.05) is 5.32 Å². The first-order valence-electron chi connectivity index (χ1n) is 11.0. The number of aromatic amines is 1. The van der Waals surface area contributed by atoms with E-state index in [4.69, 9.17) is 16.8 Å². The Bertz CT molecular complexity index is 1300. The third-order valence-corrected chi connectivity index (χ3v) is 5.88. The number of unbranched alkanes of at least 4 members (excludes halogenated alkanes) is 2. The third-order valence-electron chi connectivity index (χ3n) is 5.51. The van der Waals surface area contributed by atoms with Crippen LogP contribution < -0.4 is 10.8 Å². The molecule has 4 rings (SSSR count). The van der Waals surface area contributed by atoms with E-state index in [0.29, 0.717) is 43.1 Å². The van der Waals surface area contributed by atoms with E-state index in [9.17, 15) is 9.59 Å². The van der Waals surface area contributed by atoms with Crippen LogP contribution in [0.4, 0.5) is 5.82 Å². The second-order valence-corrected chi connectivity index (χ2v) is 8.39. The summed E-state index contributed by atoms with van der Waals surface area (Å²) in [5, 5.41) is 19.2. The predicted octanol–water partition coefficient (Wildman–Crippen LogP) is 4.52. The molecule has 0 saturated heterocycles. The van der Waals surface area contributed by atoms with Gasteiger partial charge in [-0.2, -0.15) is 5.10 Å². The number of benzene rings is 2. The summed E-state index contributed by atoms with van der Waals surface area (Å²) in [5.74, 6) is -0.110. The van der Waals surface area contributed by atoms with E-state index in [1.165, 1.54) is 0 Å². The molecule has 0 aliphatic carbocycles. The van der Waals surface area contributed by atoms with Gasteiger partial charge in [0, 0.05) is 29.5 Å². The summed E-state index contributed by atoms with van der Waals surface area (Å²) < 4.78 is 2.04. The SMILES string of the molecule is O=C(CCCCCC(=O)Nc1cc(-c2ccc3ncn(Cc4ccccc4Cl)c3c2)[nH]n1)NO. The molecular weight excluding hydrogens is 456 g/mol. The van der Waals surface area contributed by atoms with Crippen molar-refractivity contribution >= 4 is 40.3 Å². The Labute approximate surface area is 201 Å². The molecule has 2 amide bonds. The first-order chi connectivity index (χ1) is 16.5. The van der Waals surface area contributed by atoms with Gasteiger partial charge < -0.3 is 9.88 Å². The molecule has 0 unspecified atom stereocenters. The maximum Gasteiger partial charge on any atom is 0.243 e. The molecule has 4 aromatic rings. The van der Waals surface area contributed by atoms with Gasteiger partial charge in [0.25, 0.3) is 0 Å². The standard InChI is InChI=1S/C24H25ClN6O3/c25-18-7-5-4-6-17(18)14-31-15-26-19-11-10-16(12-21(19)31)20-13-22(29-28-20)27-23(32)8-2-1-3-9-24(33)30-34/h4-7,10-13,15,34H,1-3,8-9,14H2,(H,30,33)(H2,27,28,29,32). The summed E-state index contributed by atoms with van der Waals surface area (Å²) in [7, 11) is 0. The van der Waals surface area contributed by atoms with Crippen molar-refractivity contribution in [3.8, 4) is 11.3 Å². The Balaban J connectivity index is 1.38. The lowest BCUT2D eigenvalue weighted by Gasteiger charge is -2.07. The summed E-state index contributed by atoms with van der Waals surface area (Å²) in [6.45, 7) is 0.606. The average molecular weight is 481 g/mol. The fourth-order valence-electron chi connectivity index (χ4n) is 3.70. The number of hydroxylamine groups is 1. The number of halogens is 1. The highest BCUT2D eigenvalue weighted by molar-refractivity contribution is 6.31. The van der Waals surface area contributed by atoms with Crippen molar-refractivity contribution in [1.82, 2.24) is 25.2 Å². The minimum Gasteiger partial charge on any atom is -0.326 e. The lowest BCUT2D eigenvalue weighted by Crippen LogP contribution is -2.17. The van der Waals surface area contributed by atoms with E-state index in [2.05, 4.69) is 20.5 Å². The normalized spacial score (nSPS) is 11.0. The van der Waals surface area contributed by atoms with Crippen molar-refractivity contribution in [2.24, 2.45) is 0 Å². The maximum atomic E-state index is 12.2. The molecule has 9 nitrogen and oxygen atoms in total. The van der Waals surface area contributed by atoms with Crippen LogP contribution in [0.25, 0.3) is 22.3 Å². The lowest BCUT2D eigenvalue weighted by molar-refractivity contribution is -0.129. The number of amides is 2. The Morgan fingerprint density at radius 1 is 1.03 bits per heavy atom. The van der Waals surface area contributed by atoms with Crippen molar-refractivity contribution in [2.45, 2.75) is 38.6 Å². The highest BCUT2D eigenvalue weighted by Gasteiger charge is 2.11. The van der Waals surface area contributed by atoms with Crippen molar-refractivity contribution in [3.05, 3.63) is 65.4 Å². The molecule has 4 N–H and O–H groups in total. The zero-order chi connectivity index (χ0) is 23.9. The third kappa shape index (κ3) is 5.81. The number of nitrogens with one attached hydrogen (secondary N) is 3. The Morgan fingerprint density at radius 3 is 2.62 bits per heavy atom. The molecule has 0 saturated carbocycles. The number of anilines is 1. The molecule has 34 heavy (non-hydrogen) atoms. The summed E-state index contributed by atoms with van der Waals surface area (Å²) in [4.78, 5) is 27.7. The number of carbonyl (C=O) groups is 2. The number of H-pyrrole nitrogens is 1. The molecule has 0 bridgehead atoms. The minimum atomic E-state index is -0.418. The highest BCUT2D eigenvalue weighted by Crippen LogP contribution is 2.26. The van der Waals surface area contributed by atoms with Gasteiger partial charge in [-0.15, -0.1) is 0 Å². The van der Waals surface area contributed by atoms with Gasteiger partial charge in [0.1, 0.15) is 0 Å². The lowest BCUT2D eigenvalue weighted by atomic mass is 10.1. The topological polar surface area (TPSA) is 125 Å². The second-order valence-electron chi connectivity index (χ2n) is 7.98. The molecule has 0 spiro atoms. The van der Waals surface area contributed by atoms with Gasteiger partial charge in [0.15, 0.2) is 5.82 Å². The molecule has 0 aliphatic heterocycles. The smallest absolute Gasteiger partial charge is 0.243 e. The summed E-state index contributed by atoms with van der Waals surface area (Å²) in [6.07, 6.45) is 4.34. The van der Waals surface area contributed by atoms with E-state index in [-0.39, 0.29) is 12.3 Å². The first-order valence-corrected chi connectivity index (χ1v) is 11.4. The summed E-state index contributed by atoms with van der Waals surface area (Å²) in [5.41, 5.74) is 6.14. The van der Waals surface area contributed by atoms with Gasteiger partial charge >= 0.3 is 0 Å². The van der Waals surface area contributed by atoms with Gasteiger partial charge in [-0.05, 0) is 36.6 Å². The molecule has 176 valence electrons. The number of carbonyl (C=O) groups excluding carboxylic acids is 2. The maximum absolute atomic E-state index is 12.2. The van der Waals surface area contributed by atoms with Crippen LogP contribution in [0.2, 0.25) is 5.02 Å². The van der Waals surface area contributed by atoms with Crippen molar-refractivity contribution < 1.29 is 14.8 Å². The van der Waals surface area contributed by atoms with Gasteiger partial charge in [-0.3, -0.25) is 19.9 Å². The number of fused-ring (bicyclic) bond motifs is 1. The van der Waals surface area contributed by atoms with Gasteiger partial charge in [-0.25, -0.2) is 10.5 Å². The van der Waals surface area contributed by atoms with Crippen LogP contribution in [0.15, 0.2) is 54.9 Å². The van der Waals surface area contributed by atoms with E-state index in [0.717, 1.165) is 27.9 Å². The average Bonchev–Trinajstić information content (AvgIpc) is 3.47. The van der Waals surface area contributed by atoms with Crippen LogP contribution in [0.5, 0.6) is 0 Å². The fraction of sp³-hybridized carbons (Fsp3) is 0.250. The van der Waals surface area contributed by atoms with E-state index in [1.54, 1.807) is 17.9 Å². The zero-order valence-corrected chi connectivity index (χ0v) is 19.2. The molecule has 0 fully saturated rings. The number of hydrogen-bond acceptors (Lipinski definition) is 5.